The van der Waals surface area contributed by atoms with Crippen LogP contribution in [-0.4, -0.2) is 19.8 Å². The summed E-state index contributed by atoms with van der Waals surface area (Å²) in [6.07, 6.45) is 0.760. The van der Waals surface area contributed by atoms with Crippen LogP contribution in [0.3, 0.4) is 0 Å². The number of fused-ring (bicyclic) bond motifs is 1. The van der Waals surface area contributed by atoms with Gasteiger partial charge in [0.2, 0.25) is 4.96 Å². The van der Waals surface area contributed by atoms with Crippen LogP contribution >= 0.6 is 34.5 Å². The van der Waals surface area contributed by atoms with E-state index in [0.717, 1.165) is 27.8 Å². The Kier molecular flexibility index (Phi) is 3.08. The summed E-state index contributed by atoms with van der Waals surface area (Å²) in [6.45, 7) is 2.00. The number of nitrogen functional groups attached to an aromatic ring is 1. The molecule has 0 bridgehead atoms. The maximum absolute atomic E-state index is 6.03. The highest BCUT2D eigenvalue weighted by atomic mass is 35.5. The topological polar surface area (TPSA) is 69.1 Å². The minimum Gasteiger partial charge on any atom is -0.397 e. The molecule has 0 fully saturated rings. The first-order valence-corrected chi connectivity index (χ1v) is 7.13. The van der Waals surface area contributed by atoms with E-state index >= 15 is 0 Å². The standard InChI is InChI=1S/C11H9Cl2N5S/c1-2-8-15-16-11-18(8)17-10(19-11)6-3-5(12)4-7(13)9(6)14/h3-4H,2,14H2,1H3. The summed E-state index contributed by atoms with van der Waals surface area (Å²) in [5.74, 6) is 0.809. The quantitative estimate of drug-likeness (QED) is 0.737. The van der Waals surface area contributed by atoms with Gasteiger partial charge in [-0.2, -0.15) is 9.61 Å². The number of aromatic nitrogens is 4. The fraction of sp³-hybridized carbons (Fsp3) is 0.182. The number of hydrogen-bond acceptors (Lipinski definition) is 5. The van der Waals surface area contributed by atoms with Crippen molar-refractivity contribution in [3.63, 3.8) is 0 Å². The molecule has 0 saturated heterocycles. The van der Waals surface area contributed by atoms with Crippen molar-refractivity contribution in [3.8, 4) is 10.6 Å². The second kappa shape index (κ2) is 4.63. The molecule has 0 spiro atoms. The molecule has 3 aromatic rings. The highest BCUT2D eigenvalue weighted by molar-refractivity contribution is 7.19. The van der Waals surface area contributed by atoms with Crippen molar-refractivity contribution in [1.82, 2.24) is 19.8 Å². The van der Waals surface area contributed by atoms with Crippen LogP contribution in [-0.2, 0) is 6.42 Å². The number of nitrogens with two attached hydrogens (primary N) is 1. The molecule has 0 saturated carbocycles. The molecule has 0 unspecified atom stereocenters. The molecular formula is C11H9Cl2N5S. The molecule has 3 rings (SSSR count). The normalized spacial score (nSPS) is 11.3. The summed E-state index contributed by atoms with van der Waals surface area (Å²) in [5.41, 5.74) is 7.16. The highest BCUT2D eigenvalue weighted by Gasteiger charge is 2.15. The minimum absolute atomic E-state index is 0.421. The number of aryl methyl sites for hydroxylation is 1. The zero-order valence-electron chi connectivity index (χ0n) is 9.89. The van der Waals surface area contributed by atoms with E-state index in [1.807, 2.05) is 6.92 Å². The van der Waals surface area contributed by atoms with Gasteiger partial charge in [-0.25, -0.2) is 0 Å². The number of hydrogen-bond donors (Lipinski definition) is 1. The van der Waals surface area contributed by atoms with Crippen molar-refractivity contribution < 1.29 is 0 Å². The summed E-state index contributed by atoms with van der Waals surface area (Å²) in [7, 11) is 0. The fourth-order valence-electron chi connectivity index (χ4n) is 1.75. The van der Waals surface area contributed by atoms with E-state index in [4.69, 9.17) is 28.9 Å². The van der Waals surface area contributed by atoms with Crippen LogP contribution in [0.1, 0.15) is 12.7 Å². The van der Waals surface area contributed by atoms with Gasteiger partial charge >= 0.3 is 0 Å². The molecule has 8 heteroatoms. The van der Waals surface area contributed by atoms with Gasteiger partial charge in [-0.3, -0.25) is 0 Å². The molecule has 0 radical (unpaired) electrons. The second-order valence-corrected chi connectivity index (χ2v) is 5.72. The van der Waals surface area contributed by atoms with E-state index in [2.05, 4.69) is 15.3 Å². The van der Waals surface area contributed by atoms with Gasteiger partial charge < -0.3 is 5.73 Å². The van der Waals surface area contributed by atoms with Gasteiger partial charge in [-0.1, -0.05) is 41.5 Å². The van der Waals surface area contributed by atoms with Crippen molar-refractivity contribution in [2.24, 2.45) is 0 Å². The van der Waals surface area contributed by atoms with Crippen molar-refractivity contribution in [2.75, 3.05) is 5.73 Å². The number of nitrogens with zero attached hydrogens (tertiary/aromatic N) is 4. The Morgan fingerprint density at radius 2 is 2.11 bits per heavy atom. The van der Waals surface area contributed by atoms with Gasteiger partial charge in [0.15, 0.2) is 5.82 Å². The smallest absolute Gasteiger partial charge is 0.234 e. The lowest BCUT2D eigenvalue weighted by atomic mass is 10.2. The first kappa shape index (κ1) is 12.7. The van der Waals surface area contributed by atoms with E-state index in [1.54, 1.807) is 16.6 Å². The molecule has 2 N–H and O–H groups in total. The van der Waals surface area contributed by atoms with Gasteiger partial charge in [-0.15, -0.1) is 10.2 Å². The van der Waals surface area contributed by atoms with Crippen LogP contribution in [0.2, 0.25) is 10.0 Å². The number of benzene rings is 1. The predicted molar refractivity (Wildman–Crippen MR) is 77.9 cm³/mol. The maximum atomic E-state index is 6.03. The van der Waals surface area contributed by atoms with Gasteiger partial charge in [0.25, 0.3) is 0 Å². The SMILES string of the molecule is CCc1nnc2sc(-c3cc(Cl)cc(Cl)c3N)nn12. The third kappa shape index (κ3) is 2.05. The minimum atomic E-state index is 0.421. The largest absolute Gasteiger partial charge is 0.397 e. The number of anilines is 1. The maximum Gasteiger partial charge on any atom is 0.234 e. The summed E-state index contributed by atoms with van der Waals surface area (Å²) in [6, 6.07) is 3.36. The molecule has 0 aliphatic heterocycles. The van der Waals surface area contributed by atoms with E-state index in [9.17, 15) is 0 Å². The third-order valence-electron chi connectivity index (χ3n) is 2.70. The van der Waals surface area contributed by atoms with Crippen molar-refractivity contribution in [3.05, 3.63) is 28.0 Å². The Hall–Kier alpha value is -1.37. The Labute approximate surface area is 123 Å². The molecule has 0 aliphatic rings. The monoisotopic (exact) mass is 313 g/mol. The Balaban J connectivity index is 2.21. The molecule has 5 nitrogen and oxygen atoms in total. The van der Waals surface area contributed by atoms with E-state index < -0.39 is 0 Å². The number of rotatable bonds is 2. The lowest BCUT2D eigenvalue weighted by molar-refractivity contribution is 0.838. The first-order chi connectivity index (χ1) is 9.10. The summed E-state index contributed by atoms with van der Waals surface area (Å²) in [5, 5.41) is 14.3. The molecule has 2 aromatic heterocycles. The van der Waals surface area contributed by atoms with Crippen molar-refractivity contribution in [2.45, 2.75) is 13.3 Å². The van der Waals surface area contributed by atoms with Crippen molar-refractivity contribution >= 4 is 45.2 Å². The van der Waals surface area contributed by atoms with Crippen LogP contribution in [0.25, 0.3) is 15.5 Å². The molecule has 98 valence electrons. The second-order valence-electron chi connectivity index (χ2n) is 3.92. The summed E-state index contributed by atoms with van der Waals surface area (Å²) >= 11 is 13.4. The van der Waals surface area contributed by atoms with Crippen LogP contribution in [0.5, 0.6) is 0 Å². The van der Waals surface area contributed by atoms with Gasteiger partial charge in [-0.05, 0) is 12.1 Å². The van der Waals surface area contributed by atoms with Crippen LogP contribution in [0.4, 0.5) is 5.69 Å². The van der Waals surface area contributed by atoms with Gasteiger partial charge in [0.1, 0.15) is 5.01 Å². The lowest BCUT2D eigenvalue weighted by Gasteiger charge is -2.04. The number of halogens is 2. The molecule has 2 heterocycles. The average Bonchev–Trinajstić information content (AvgIpc) is 2.93. The zero-order chi connectivity index (χ0) is 13.6. The van der Waals surface area contributed by atoms with E-state index in [0.29, 0.717) is 15.7 Å². The summed E-state index contributed by atoms with van der Waals surface area (Å²) < 4.78 is 1.72. The molecule has 1 aromatic carbocycles. The Morgan fingerprint density at radius 1 is 1.32 bits per heavy atom. The molecular weight excluding hydrogens is 305 g/mol. The highest BCUT2D eigenvalue weighted by Crippen LogP contribution is 2.36. The van der Waals surface area contributed by atoms with Crippen LogP contribution in [0, 0.1) is 0 Å². The Bertz CT molecular complexity index is 764. The average molecular weight is 314 g/mol. The molecule has 0 aliphatic carbocycles. The fourth-order valence-corrected chi connectivity index (χ4v) is 3.13. The van der Waals surface area contributed by atoms with Crippen molar-refractivity contribution in [1.29, 1.82) is 0 Å². The Morgan fingerprint density at radius 3 is 2.84 bits per heavy atom. The van der Waals surface area contributed by atoms with E-state index in [1.165, 1.54) is 11.3 Å². The summed E-state index contributed by atoms with van der Waals surface area (Å²) in [4.78, 5) is 0.724. The molecule has 0 amide bonds. The first-order valence-electron chi connectivity index (χ1n) is 5.56. The third-order valence-corrected chi connectivity index (χ3v) is 4.16. The molecule has 0 atom stereocenters. The van der Waals surface area contributed by atoms with Gasteiger partial charge in [0, 0.05) is 17.0 Å². The van der Waals surface area contributed by atoms with Crippen LogP contribution < -0.4 is 5.73 Å². The van der Waals surface area contributed by atoms with Crippen LogP contribution in [0.15, 0.2) is 12.1 Å². The molecule has 19 heavy (non-hydrogen) atoms. The van der Waals surface area contributed by atoms with E-state index in [-0.39, 0.29) is 0 Å². The zero-order valence-corrected chi connectivity index (χ0v) is 12.2. The predicted octanol–water partition coefficient (Wildman–Crippen LogP) is 3.30. The lowest BCUT2D eigenvalue weighted by Crippen LogP contribution is -1.95. The van der Waals surface area contributed by atoms with Gasteiger partial charge in [0.05, 0.1) is 10.7 Å².